The van der Waals surface area contributed by atoms with E-state index >= 15 is 0 Å². The molecular formula is C19H16FN5. The lowest BCUT2D eigenvalue weighted by atomic mass is 9.58. The second kappa shape index (κ2) is 6.06. The van der Waals surface area contributed by atoms with Crippen LogP contribution in [0.1, 0.15) is 11.5 Å². The zero-order valence-electron chi connectivity index (χ0n) is 13.7. The summed E-state index contributed by atoms with van der Waals surface area (Å²) in [6.07, 6.45) is 1.88. The van der Waals surface area contributed by atoms with Gasteiger partial charge in [-0.2, -0.15) is 15.8 Å². The molecule has 1 heterocycles. The van der Waals surface area contributed by atoms with E-state index in [1.807, 2.05) is 36.2 Å². The quantitative estimate of drug-likeness (QED) is 0.849. The van der Waals surface area contributed by atoms with Gasteiger partial charge in [0, 0.05) is 24.9 Å². The fourth-order valence-corrected chi connectivity index (χ4v) is 3.90. The molecule has 2 atom stereocenters. The molecule has 1 aliphatic carbocycles. The minimum Gasteiger partial charge on any atom is -0.399 e. The van der Waals surface area contributed by atoms with Crippen LogP contribution in [0.4, 0.5) is 4.39 Å². The van der Waals surface area contributed by atoms with E-state index in [1.54, 1.807) is 18.2 Å². The molecule has 124 valence electrons. The van der Waals surface area contributed by atoms with Crippen molar-refractivity contribution in [2.24, 2.45) is 17.1 Å². The molecule has 5 nitrogen and oxygen atoms in total. The summed E-state index contributed by atoms with van der Waals surface area (Å²) >= 11 is 0. The SMILES string of the molecule is CN1CC=C2C(C#N)=C(N)C(C#N)(C#N)[C@@H](c3ccccc3F)[C@@H]2C1. The molecule has 0 saturated heterocycles. The summed E-state index contributed by atoms with van der Waals surface area (Å²) in [5, 5.41) is 29.3. The molecule has 3 rings (SSSR count). The van der Waals surface area contributed by atoms with Crippen LogP contribution in [0.2, 0.25) is 0 Å². The van der Waals surface area contributed by atoms with Crippen LogP contribution in [0, 0.1) is 51.1 Å². The van der Waals surface area contributed by atoms with E-state index in [2.05, 4.69) is 0 Å². The molecule has 25 heavy (non-hydrogen) atoms. The molecule has 0 spiro atoms. The highest BCUT2D eigenvalue weighted by molar-refractivity contribution is 5.59. The summed E-state index contributed by atoms with van der Waals surface area (Å²) in [4.78, 5) is 2.01. The molecule has 6 heteroatoms. The van der Waals surface area contributed by atoms with Crippen LogP contribution in [0.3, 0.4) is 0 Å². The number of nitrogens with zero attached hydrogens (tertiary/aromatic N) is 4. The van der Waals surface area contributed by atoms with Gasteiger partial charge in [-0.15, -0.1) is 0 Å². The van der Waals surface area contributed by atoms with Gasteiger partial charge in [-0.1, -0.05) is 24.3 Å². The van der Waals surface area contributed by atoms with E-state index < -0.39 is 17.2 Å². The third-order valence-electron chi connectivity index (χ3n) is 5.09. The summed E-state index contributed by atoms with van der Waals surface area (Å²) in [6.45, 7) is 1.13. The maximum Gasteiger partial charge on any atom is 0.191 e. The zero-order valence-corrected chi connectivity index (χ0v) is 13.7. The fraction of sp³-hybridized carbons (Fsp3) is 0.316. The van der Waals surface area contributed by atoms with Crippen molar-refractivity contribution in [3.8, 4) is 18.2 Å². The van der Waals surface area contributed by atoms with E-state index in [1.165, 1.54) is 6.07 Å². The van der Waals surface area contributed by atoms with Crippen LogP contribution < -0.4 is 5.73 Å². The van der Waals surface area contributed by atoms with Crippen molar-refractivity contribution in [2.45, 2.75) is 5.92 Å². The lowest BCUT2D eigenvalue weighted by Crippen LogP contribution is -2.47. The number of benzene rings is 1. The average molecular weight is 333 g/mol. The lowest BCUT2D eigenvalue weighted by Gasteiger charge is -2.45. The van der Waals surface area contributed by atoms with Gasteiger partial charge in [0.15, 0.2) is 5.41 Å². The van der Waals surface area contributed by atoms with Crippen LogP contribution in [-0.2, 0) is 0 Å². The summed E-state index contributed by atoms with van der Waals surface area (Å²) in [5.74, 6) is -1.63. The summed E-state index contributed by atoms with van der Waals surface area (Å²) in [7, 11) is 1.90. The van der Waals surface area contributed by atoms with Crippen molar-refractivity contribution < 1.29 is 4.39 Å². The minimum atomic E-state index is -1.78. The third-order valence-corrected chi connectivity index (χ3v) is 5.09. The Morgan fingerprint density at radius 1 is 1.24 bits per heavy atom. The Kier molecular flexibility index (Phi) is 4.05. The van der Waals surface area contributed by atoms with E-state index in [4.69, 9.17) is 5.73 Å². The maximum atomic E-state index is 14.6. The number of likely N-dealkylation sites (N-methyl/N-ethyl adjacent to an activating group) is 1. The van der Waals surface area contributed by atoms with Crippen LogP contribution in [0.25, 0.3) is 0 Å². The minimum absolute atomic E-state index is 0.0830. The van der Waals surface area contributed by atoms with Crippen LogP contribution in [0.15, 0.2) is 47.2 Å². The Morgan fingerprint density at radius 2 is 1.92 bits per heavy atom. The van der Waals surface area contributed by atoms with Crippen LogP contribution >= 0.6 is 0 Å². The van der Waals surface area contributed by atoms with Gasteiger partial charge in [0.25, 0.3) is 0 Å². The highest BCUT2D eigenvalue weighted by atomic mass is 19.1. The predicted octanol–water partition coefficient (Wildman–Crippen LogP) is 2.18. The first-order chi connectivity index (χ1) is 12.0. The summed E-state index contributed by atoms with van der Waals surface area (Å²) in [5.41, 5.74) is 5.43. The van der Waals surface area contributed by atoms with Crippen molar-refractivity contribution in [2.75, 3.05) is 20.1 Å². The number of hydrogen-bond donors (Lipinski definition) is 1. The van der Waals surface area contributed by atoms with E-state index in [0.29, 0.717) is 18.7 Å². The molecular weight excluding hydrogens is 317 g/mol. The maximum absolute atomic E-state index is 14.6. The highest BCUT2D eigenvalue weighted by Gasteiger charge is 2.54. The molecule has 0 fully saturated rings. The number of fused-ring (bicyclic) bond motifs is 1. The molecule has 0 aromatic heterocycles. The number of halogens is 1. The monoisotopic (exact) mass is 333 g/mol. The number of allylic oxidation sites excluding steroid dienone is 2. The molecule has 0 unspecified atom stereocenters. The topological polar surface area (TPSA) is 101 Å². The van der Waals surface area contributed by atoms with Crippen LogP contribution in [0.5, 0.6) is 0 Å². The number of hydrogen-bond acceptors (Lipinski definition) is 5. The van der Waals surface area contributed by atoms with E-state index in [0.717, 1.165) is 0 Å². The van der Waals surface area contributed by atoms with Gasteiger partial charge in [0.2, 0.25) is 0 Å². The second-order valence-corrected chi connectivity index (χ2v) is 6.42. The second-order valence-electron chi connectivity index (χ2n) is 6.42. The van der Waals surface area contributed by atoms with Gasteiger partial charge in [-0.05, 0) is 24.3 Å². The average Bonchev–Trinajstić information content (AvgIpc) is 2.62. The molecule has 0 radical (unpaired) electrons. The van der Waals surface area contributed by atoms with Crippen molar-refractivity contribution in [1.82, 2.24) is 4.90 Å². The molecule has 2 N–H and O–H groups in total. The molecule has 0 saturated carbocycles. The first kappa shape index (κ1) is 16.7. The Hall–Kier alpha value is -3.14. The van der Waals surface area contributed by atoms with Gasteiger partial charge >= 0.3 is 0 Å². The Bertz CT molecular complexity index is 895. The van der Waals surface area contributed by atoms with E-state index in [-0.39, 0.29) is 22.8 Å². The number of rotatable bonds is 1. The third kappa shape index (κ3) is 2.30. The van der Waals surface area contributed by atoms with Crippen molar-refractivity contribution in [3.05, 3.63) is 58.6 Å². The molecule has 1 aromatic carbocycles. The zero-order chi connectivity index (χ0) is 18.2. The van der Waals surface area contributed by atoms with Crippen molar-refractivity contribution in [1.29, 1.82) is 15.8 Å². The fourth-order valence-electron chi connectivity index (χ4n) is 3.90. The molecule has 0 amide bonds. The standard InChI is InChI=1S/C19H16FN5/c1-25-7-6-12-14(8-21)18(24)19(10-22,11-23)17(15(12)9-25)13-4-2-3-5-16(13)20/h2-6,15,17H,7,9,24H2,1H3/t15-,17+/m1/s1. The molecule has 2 aliphatic rings. The number of nitriles is 3. The van der Waals surface area contributed by atoms with Crippen molar-refractivity contribution >= 4 is 0 Å². The Labute approximate surface area is 145 Å². The van der Waals surface area contributed by atoms with Gasteiger partial charge in [-0.3, -0.25) is 0 Å². The Morgan fingerprint density at radius 3 is 2.52 bits per heavy atom. The van der Waals surface area contributed by atoms with Gasteiger partial charge in [0.1, 0.15) is 11.9 Å². The number of nitrogens with two attached hydrogens (primary N) is 1. The summed E-state index contributed by atoms with van der Waals surface area (Å²) in [6, 6.07) is 12.2. The summed E-state index contributed by atoms with van der Waals surface area (Å²) < 4.78 is 14.6. The van der Waals surface area contributed by atoms with Gasteiger partial charge in [-0.25, -0.2) is 4.39 Å². The normalized spacial score (nSPS) is 25.2. The van der Waals surface area contributed by atoms with Crippen LogP contribution in [-0.4, -0.2) is 25.0 Å². The van der Waals surface area contributed by atoms with Crippen molar-refractivity contribution in [3.63, 3.8) is 0 Å². The highest BCUT2D eigenvalue weighted by Crippen LogP contribution is 2.54. The molecule has 0 bridgehead atoms. The predicted molar refractivity (Wildman–Crippen MR) is 88.7 cm³/mol. The smallest absolute Gasteiger partial charge is 0.191 e. The largest absolute Gasteiger partial charge is 0.399 e. The lowest BCUT2D eigenvalue weighted by molar-refractivity contribution is 0.234. The Balaban J connectivity index is 2.37. The molecule has 1 aliphatic heterocycles. The first-order valence-corrected chi connectivity index (χ1v) is 7.86. The van der Waals surface area contributed by atoms with E-state index in [9.17, 15) is 20.2 Å². The van der Waals surface area contributed by atoms with Gasteiger partial charge < -0.3 is 10.6 Å². The molecule has 1 aromatic rings. The first-order valence-electron chi connectivity index (χ1n) is 7.86. The van der Waals surface area contributed by atoms with Gasteiger partial charge in [0.05, 0.1) is 23.4 Å².